The summed E-state index contributed by atoms with van der Waals surface area (Å²) < 4.78 is 12.0. The van der Waals surface area contributed by atoms with E-state index in [4.69, 9.17) is 9.47 Å². The average Bonchev–Trinajstić information content (AvgIpc) is 3.06. The number of hydrogen-bond donors (Lipinski definition) is 1. The van der Waals surface area contributed by atoms with E-state index in [0.29, 0.717) is 45.0 Å². The number of para-hydroxylation sites is 1. The van der Waals surface area contributed by atoms with Gasteiger partial charge in [0.15, 0.2) is 29.7 Å². The number of anilines is 1. The van der Waals surface area contributed by atoms with E-state index in [2.05, 4.69) is 21.2 Å². The maximum absolute atomic E-state index is 12.7. The lowest BCUT2D eigenvalue weighted by Gasteiger charge is -2.14. The summed E-state index contributed by atoms with van der Waals surface area (Å²) >= 11 is 3.47. The zero-order valence-corrected chi connectivity index (χ0v) is 19.3. The van der Waals surface area contributed by atoms with Gasteiger partial charge in [0.25, 0.3) is 5.91 Å². The predicted molar refractivity (Wildman–Crippen MR) is 129 cm³/mol. The van der Waals surface area contributed by atoms with E-state index in [9.17, 15) is 14.4 Å². The first-order chi connectivity index (χ1) is 16.0. The number of halogens is 1. The number of ether oxygens (including phenoxy) is 2. The maximum atomic E-state index is 12.7. The minimum absolute atomic E-state index is 0.0928. The highest BCUT2D eigenvalue weighted by Gasteiger charge is 2.32. The minimum atomic E-state index is -0.314. The standard InChI is InChI=1S/C26H20BrNO5/c1-2-32-22-13-16(12-20-25(30)18-10-6-7-11-19(18)26(20)31)21(27)14-23(22)33-15-24(29)28-17-8-4-3-5-9-17/h3-14H,2,15H2,1H3,(H,28,29). The molecule has 0 radical (unpaired) electrons. The molecule has 0 atom stereocenters. The second-order valence-corrected chi connectivity index (χ2v) is 8.07. The SMILES string of the molecule is CCOc1cc(C=C2C(=O)c3ccccc3C2=O)c(Br)cc1OCC(=O)Nc1ccccc1. The van der Waals surface area contributed by atoms with Crippen LogP contribution in [0.5, 0.6) is 11.5 Å². The molecule has 0 unspecified atom stereocenters. The first-order valence-corrected chi connectivity index (χ1v) is 11.1. The second kappa shape index (κ2) is 9.83. The lowest BCUT2D eigenvalue weighted by Crippen LogP contribution is -2.20. The Bertz CT molecular complexity index is 1230. The average molecular weight is 506 g/mol. The zero-order valence-electron chi connectivity index (χ0n) is 17.8. The van der Waals surface area contributed by atoms with E-state index < -0.39 is 0 Å². The van der Waals surface area contributed by atoms with Gasteiger partial charge in [-0.25, -0.2) is 0 Å². The Hall–Kier alpha value is -3.71. The highest BCUT2D eigenvalue weighted by molar-refractivity contribution is 9.10. The molecule has 1 N–H and O–H groups in total. The van der Waals surface area contributed by atoms with Crippen LogP contribution in [0, 0.1) is 0 Å². The van der Waals surface area contributed by atoms with Gasteiger partial charge in [0.1, 0.15) is 0 Å². The number of rotatable bonds is 7. The van der Waals surface area contributed by atoms with E-state index in [0.717, 1.165) is 0 Å². The molecule has 4 rings (SSSR count). The second-order valence-electron chi connectivity index (χ2n) is 7.22. The third-order valence-corrected chi connectivity index (χ3v) is 5.67. The summed E-state index contributed by atoms with van der Waals surface area (Å²) in [5, 5.41) is 2.76. The van der Waals surface area contributed by atoms with Crippen LogP contribution in [0.4, 0.5) is 5.69 Å². The number of carbonyl (C=O) groups is 3. The van der Waals surface area contributed by atoms with Gasteiger partial charge >= 0.3 is 0 Å². The highest BCUT2D eigenvalue weighted by Crippen LogP contribution is 2.36. The van der Waals surface area contributed by atoms with E-state index in [1.165, 1.54) is 0 Å². The molecule has 166 valence electrons. The number of ketones is 2. The van der Waals surface area contributed by atoms with Gasteiger partial charge in [-0.3, -0.25) is 14.4 Å². The van der Waals surface area contributed by atoms with Crippen LogP contribution in [-0.2, 0) is 4.79 Å². The molecule has 6 nitrogen and oxygen atoms in total. The molecule has 3 aromatic rings. The number of carbonyl (C=O) groups excluding carboxylic acids is 3. The van der Waals surface area contributed by atoms with Crippen LogP contribution in [0.3, 0.4) is 0 Å². The number of nitrogens with one attached hydrogen (secondary N) is 1. The first kappa shape index (κ1) is 22.5. The molecule has 1 amide bonds. The van der Waals surface area contributed by atoms with Crippen molar-refractivity contribution in [1.29, 1.82) is 0 Å². The lowest BCUT2D eigenvalue weighted by atomic mass is 10.1. The Morgan fingerprint density at radius 1 is 0.909 bits per heavy atom. The van der Waals surface area contributed by atoms with Gasteiger partial charge in [-0.1, -0.05) is 58.4 Å². The fraction of sp³-hybridized carbons (Fsp3) is 0.115. The van der Waals surface area contributed by atoms with Gasteiger partial charge in [-0.05, 0) is 42.8 Å². The van der Waals surface area contributed by atoms with Crippen molar-refractivity contribution in [3.63, 3.8) is 0 Å². The third kappa shape index (κ3) is 4.88. The molecule has 3 aromatic carbocycles. The van der Waals surface area contributed by atoms with Crippen molar-refractivity contribution >= 4 is 45.2 Å². The number of benzene rings is 3. The molecular formula is C26H20BrNO5. The smallest absolute Gasteiger partial charge is 0.262 e. The number of amides is 1. The quantitative estimate of drug-likeness (QED) is 0.346. The fourth-order valence-corrected chi connectivity index (χ4v) is 3.90. The van der Waals surface area contributed by atoms with Crippen LogP contribution >= 0.6 is 15.9 Å². The topological polar surface area (TPSA) is 81.7 Å². The fourth-order valence-electron chi connectivity index (χ4n) is 3.46. The number of allylic oxidation sites excluding steroid dienone is 1. The molecule has 0 saturated heterocycles. The zero-order chi connectivity index (χ0) is 23.4. The molecule has 0 bridgehead atoms. The Morgan fingerprint density at radius 3 is 2.15 bits per heavy atom. The maximum Gasteiger partial charge on any atom is 0.262 e. The molecule has 0 spiro atoms. The Morgan fingerprint density at radius 2 is 1.52 bits per heavy atom. The summed E-state index contributed by atoms with van der Waals surface area (Å²) in [4.78, 5) is 37.7. The van der Waals surface area contributed by atoms with Gasteiger partial charge in [-0.2, -0.15) is 0 Å². The molecule has 0 heterocycles. The van der Waals surface area contributed by atoms with Gasteiger partial charge < -0.3 is 14.8 Å². The lowest BCUT2D eigenvalue weighted by molar-refractivity contribution is -0.118. The van der Waals surface area contributed by atoms with E-state index >= 15 is 0 Å². The van der Waals surface area contributed by atoms with E-state index in [1.54, 1.807) is 54.6 Å². The normalized spacial score (nSPS) is 12.4. The molecule has 33 heavy (non-hydrogen) atoms. The molecule has 0 fully saturated rings. The Balaban J connectivity index is 1.56. The van der Waals surface area contributed by atoms with Crippen LogP contribution in [-0.4, -0.2) is 30.7 Å². The monoisotopic (exact) mass is 505 g/mol. The van der Waals surface area contributed by atoms with Gasteiger partial charge in [-0.15, -0.1) is 0 Å². The molecule has 0 aliphatic heterocycles. The summed E-state index contributed by atoms with van der Waals surface area (Å²) in [5.41, 5.74) is 2.16. The molecule has 1 aliphatic carbocycles. The number of Topliss-reactive ketones (excluding diaryl/α,β-unsaturated/α-hetero) is 2. The van der Waals surface area contributed by atoms with Crippen molar-refractivity contribution in [2.24, 2.45) is 0 Å². The van der Waals surface area contributed by atoms with Crippen molar-refractivity contribution in [2.75, 3.05) is 18.5 Å². The largest absolute Gasteiger partial charge is 0.490 e. The molecular weight excluding hydrogens is 486 g/mol. The van der Waals surface area contributed by atoms with E-state index in [-0.39, 0.29) is 29.7 Å². The van der Waals surface area contributed by atoms with Crippen LogP contribution in [0.15, 0.2) is 76.8 Å². The summed E-state index contributed by atoms with van der Waals surface area (Å²) in [6, 6.07) is 19.2. The van der Waals surface area contributed by atoms with Crippen LogP contribution in [0.2, 0.25) is 0 Å². The van der Waals surface area contributed by atoms with Crippen molar-refractivity contribution < 1.29 is 23.9 Å². The van der Waals surface area contributed by atoms with Crippen LogP contribution in [0.1, 0.15) is 33.2 Å². The van der Waals surface area contributed by atoms with E-state index in [1.807, 2.05) is 25.1 Å². The highest BCUT2D eigenvalue weighted by atomic mass is 79.9. The van der Waals surface area contributed by atoms with Crippen LogP contribution in [0.25, 0.3) is 6.08 Å². The van der Waals surface area contributed by atoms with Crippen LogP contribution < -0.4 is 14.8 Å². The summed E-state index contributed by atoms with van der Waals surface area (Å²) in [5.74, 6) is -0.167. The van der Waals surface area contributed by atoms with Gasteiger partial charge in [0.2, 0.25) is 0 Å². The van der Waals surface area contributed by atoms with Crippen molar-refractivity contribution in [2.45, 2.75) is 6.92 Å². The van der Waals surface area contributed by atoms with Gasteiger partial charge in [0, 0.05) is 21.3 Å². The summed E-state index contributed by atoms with van der Waals surface area (Å²) in [6.07, 6.45) is 1.54. The van der Waals surface area contributed by atoms with Crippen molar-refractivity contribution in [1.82, 2.24) is 0 Å². The Labute approximate surface area is 199 Å². The Kier molecular flexibility index (Phi) is 6.70. The predicted octanol–water partition coefficient (Wildman–Crippen LogP) is 5.33. The van der Waals surface area contributed by atoms with Gasteiger partial charge in [0.05, 0.1) is 12.2 Å². The number of hydrogen-bond acceptors (Lipinski definition) is 5. The van der Waals surface area contributed by atoms with Crippen molar-refractivity contribution in [3.05, 3.63) is 93.5 Å². The van der Waals surface area contributed by atoms with Crippen molar-refractivity contribution in [3.8, 4) is 11.5 Å². The molecule has 0 saturated carbocycles. The number of fused-ring (bicyclic) bond motifs is 1. The molecule has 7 heteroatoms. The summed E-state index contributed by atoms with van der Waals surface area (Å²) in [7, 11) is 0. The molecule has 1 aliphatic rings. The third-order valence-electron chi connectivity index (χ3n) is 4.98. The minimum Gasteiger partial charge on any atom is -0.490 e. The summed E-state index contributed by atoms with van der Waals surface area (Å²) in [6.45, 7) is 1.98. The molecule has 0 aromatic heterocycles. The first-order valence-electron chi connectivity index (χ1n) is 10.3.